The van der Waals surface area contributed by atoms with E-state index in [1.54, 1.807) is 18.0 Å². The highest BCUT2D eigenvalue weighted by Gasteiger charge is 2.03. The molecule has 0 amide bonds. The van der Waals surface area contributed by atoms with E-state index in [1.807, 2.05) is 13.0 Å². The molecule has 0 saturated carbocycles. The van der Waals surface area contributed by atoms with Gasteiger partial charge in [-0.3, -0.25) is 0 Å². The largest absolute Gasteiger partial charge is 0.501 e. The van der Waals surface area contributed by atoms with Gasteiger partial charge < -0.3 is 4.74 Å². The Hall–Kier alpha value is -0.880. The Kier molecular flexibility index (Phi) is 4.48. The highest BCUT2D eigenvalue weighted by Crippen LogP contribution is 2.20. The summed E-state index contributed by atoms with van der Waals surface area (Å²) in [7, 11) is 0. The zero-order valence-corrected chi connectivity index (χ0v) is 8.56. The van der Waals surface area contributed by atoms with Crippen LogP contribution in [0.1, 0.15) is 19.8 Å². The molecule has 1 aliphatic rings. The first kappa shape index (κ1) is 10.2. The molecule has 1 rings (SSSR count). The summed E-state index contributed by atoms with van der Waals surface area (Å²) in [6.07, 6.45) is 5.76. The third-order valence-electron chi connectivity index (χ3n) is 1.69. The second-order valence-corrected chi connectivity index (χ2v) is 4.03. The average Bonchev–Trinajstić information content (AvgIpc) is 2.19. The lowest BCUT2D eigenvalue weighted by molar-refractivity contribution is 0.227. The Morgan fingerprint density at radius 3 is 3.23 bits per heavy atom. The predicted molar refractivity (Wildman–Crippen MR) is 55.1 cm³/mol. The molecule has 1 heterocycles. The molecule has 0 radical (unpaired) electrons. The van der Waals surface area contributed by atoms with Crippen molar-refractivity contribution < 1.29 is 4.74 Å². The first-order valence-corrected chi connectivity index (χ1v) is 5.40. The molecule has 0 aliphatic carbocycles. The van der Waals surface area contributed by atoms with Crippen molar-refractivity contribution in [3.8, 4) is 6.07 Å². The number of ether oxygens (including phenoxy) is 1. The molecule has 0 bridgehead atoms. The van der Waals surface area contributed by atoms with Crippen LogP contribution in [0.5, 0.6) is 0 Å². The molecular formula is C10H13NOS. The Balaban J connectivity index is 2.61. The summed E-state index contributed by atoms with van der Waals surface area (Å²) in [5.74, 6) is 0.938. The van der Waals surface area contributed by atoms with Crippen LogP contribution in [0, 0.1) is 11.3 Å². The number of thioether (sulfide) groups is 1. The first-order chi connectivity index (χ1) is 6.36. The molecule has 0 aromatic carbocycles. The van der Waals surface area contributed by atoms with Crippen molar-refractivity contribution in [2.24, 2.45) is 0 Å². The van der Waals surface area contributed by atoms with Crippen LogP contribution in [-0.4, -0.2) is 12.4 Å². The third kappa shape index (κ3) is 3.56. The minimum Gasteiger partial charge on any atom is -0.501 e. The Morgan fingerprint density at radius 1 is 1.85 bits per heavy atom. The molecule has 13 heavy (non-hydrogen) atoms. The molecule has 0 unspecified atom stereocenters. The van der Waals surface area contributed by atoms with Gasteiger partial charge in [0.1, 0.15) is 6.07 Å². The van der Waals surface area contributed by atoms with Crippen molar-refractivity contribution in [3.05, 3.63) is 22.8 Å². The van der Waals surface area contributed by atoms with E-state index in [0.717, 1.165) is 35.7 Å². The van der Waals surface area contributed by atoms with Crippen molar-refractivity contribution in [2.75, 3.05) is 12.4 Å². The summed E-state index contributed by atoms with van der Waals surface area (Å²) in [5, 5.41) is 8.78. The first-order valence-electron chi connectivity index (χ1n) is 4.42. The molecule has 2 nitrogen and oxygen atoms in total. The van der Waals surface area contributed by atoms with Gasteiger partial charge >= 0.3 is 0 Å². The fraction of sp³-hybridized carbons (Fsp3) is 0.500. The highest BCUT2D eigenvalue weighted by atomic mass is 32.2. The number of hydrogen-bond donors (Lipinski definition) is 0. The van der Waals surface area contributed by atoms with Crippen LogP contribution in [0.2, 0.25) is 0 Å². The standard InChI is InChI=1S/C10H13NOS/c1-2-13-10(7-11)6-9-4-3-5-12-8-9/h6,8H,2-5H2,1H3/b10-6+. The second kappa shape index (κ2) is 5.71. The molecule has 1 aliphatic heterocycles. The average molecular weight is 195 g/mol. The Labute approximate surface area is 83.3 Å². The van der Waals surface area contributed by atoms with Crippen LogP contribution >= 0.6 is 11.8 Å². The second-order valence-electron chi connectivity index (χ2n) is 2.72. The quantitative estimate of drug-likeness (QED) is 0.649. The van der Waals surface area contributed by atoms with Gasteiger partial charge in [0.15, 0.2) is 0 Å². The maximum absolute atomic E-state index is 8.78. The van der Waals surface area contributed by atoms with Gasteiger partial charge in [-0.25, -0.2) is 0 Å². The topological polar surface area (TPSA) is 33.0 Å². The van der Waals surface area contributed by atoms with E-state index < -0.39 is 0 Å². The van der Waals surface area contributed by atoms with Crippen molar-refractivity contribution in [3.63, 3.8) is 0 Å². The van der Waals surface area contributed by atoms with Crippen molar-refractivity contribution in [1.82, 2.24) is 0 Å². The number of hydrogen-bond acceptors (Lipinski definition) is 3. The molecular weight excluding hydrogens is 182 g/mol. The minimum atomic E-state index is 0.777. The van der Waals surface area contributed by atoms with Crippen LogP contribution < -0.4 is 0 Å². The lowest BCUT2D eigenvalue weighted by Gasteiger charge is -2.10. The summed E-state index contributed by atoms with van der Waals surface area (Å²) in [6.45, 7) is 2.85. The molecule has 0 fully saturated rings. The van der Waals surface area contributed by atoms with Gasteiger partial charge in [0, 0.05) is 0 Å². The van der Waals surface area contributed by atoms with Crippen LogP contribution in [-0.2, 0) is 4.74 Å². The van der Waals surface area contributed by atoms with Gasteiger partial charge in [-0.1, -0.05) is 6.92 Å². The summed E-state index contributed by atoms with van der Waals surface area (Å²) in [4.78, 5) is 0.777. The Bertz CT molecular complexity index is 263. The van der Waals surface area contributed by atoms with E-state index in [-0.39, 0.29) is 0 Å². The van der Waals surface area contributed by atoms with E-state index in [2.05, 4.69) is 6.07 Å². The van der Waals surface area contributed by atoms with Gasteiger partial charge in [0.25, 0.3) is 0 Å². The summed E-state index contributed by atoms with van der Waals surface area (Å²) in [5.41, 5.74) is 1.13. The lowest BCUT2D eigenvalue weighted by Crippen LogP contribution is -1.97. The highest BCUT2D eigenvalue weighted by molar-refractivity contribution is 8.03. The number of allylic oxidation sites excluding steroid dienone is 3. The summed E-state index contributed by atoms with van der Waals surface area (Å²) < 4.78 is 5.18. The maximum Gasteiger partial charge on any atom is 0.106 e. The molecule has 0 saturated heterocycles. The van der Waals surface area contributed by atoms with Crippen molar-refractivity contribution >= 4 is 11.8 Å². The molecule has 70 valence electrons. The molecule has 0 N–H and O–H groups in total. The zero-order valence-electron chi connectivity index (χ0n) is 7.75. The van der Waals surface area contributed by atoms with Crippen LogP contribution in [0.15, 0.2) is 22.8 Å². The van der Waals surface area contributed by atoms with Gasteiger partial charge in [-0.05, 0) is 30.2 Å². The van der Waals surface area contributed by atoms with Crippen molar-refractivity contribution in [2.45, 2.75) is 19.8 Å². The number of nitrogens with zero attached hydrogens (tertiary/aromatic N) is 1. The van der Waals surface area contributed by atoms with Gasteiger partial charge in [0.2, 0.25) is 0 Å². The molecule has 0 atom stereocenters. The van der Waals surface area contributed by atoms with E-state index in [1.165, 1.54) is 0 Å². The number of nitriles is 1. The van der Waals surface area contributed by atoms with E-state index in [0.29, 0.717) is 0 Å². The molecule has 3 heteroatoms. The number of rotatable bonds is 3. The van der Waals surface area contributed by atoms with Crippen LogP contribution in [0.4, 0.5) is 0 Å². The summed E-state index contributed by atoms with van der Waals surface area (Å²) >= 11 is 1.57. The van der Waals surface area contributed by atoms with Gasteiger partial charge in [-0.15, -0.1) is 11.8 Å². The minimum absolute atomic E-state index is 0.777. The zero-order chi connectivity index (χ0) is 9.52. The van der Waals surface area contributed by atoms with E-state index >= 15 is 0 Å². The smallest absolute Gasteiger partial charge is 0.106 e. The monoisotopic (exact) mass is 195 g/mol. The predicted octanol–water partition coefficient (Wildman–Crippen LogP) is 2.84. The molecule has 0 aromatic rings. The van der Waals surface area contributed by atoms with Crippen LogP contribution in [0.25, 0.3) is 0 Å². The molecule has 0 spiro atoms. The Morgan fingerprint density at radius 2 is 2.69 bits per heavy atom. The third-order valence-corrected chi connectivity index (χ3v) is 2.50. The van der Waals surface area contributed by atoms with Crippen LogP contribution in [0.3, 0.4) is 0 Å². The molecule has 0 aromatic heterocycles. The van der Waals surface area contributed by atoms with E-state index in [9.17, 15) is 0 Å². The van der Waals surface area contributed by atoms with Gasteiger partial charge in [-0.2, -0.15) is 5.26 Å². The fourth-order valence-electron chi connectivity index (χ4n) is 1.12. The van der Waals surface area contributed by atoms with Crippen molar-refractivity contribution in [1.29, 1.82) is 5.26 Å². The lowest BCUT2D eigenvalue weighted by atomic mass is 10.1. The van der Waals surface area contributed by atoms with E-state index in [4.69, 9.17) is 10.00 Å². The van der Waals surface area contributed by atoms with Gasteiger partial charge in [0.05, 0.1) is 17.8 Å². The SMILES string of the molecule is CCS/C(C#N)=C/C1=COCCC1. The normalized spacial score (nSPS) is 17.2. The maximum atomic E-state index is 8.78. The summed E-state index contributed by atoms with van der Waals surface area (Å²) in [6, 6.07) is 2.18. The fourth-order valence-corrected chi connectivity index (χ4v) is 1.73.